The molecule has 3 aromatic rings. The van der Waals surface area contributed by atoms with Crippen molar-refractivity contribution in [3.8, 4) is 0 Å². The van der Waals surface area contributed by atoms with Crippen molar-refractivity contribution in [3.05, 3.63) is 80.6 Å². The highest BCUT2D eigenvalue weighted by Crippen LogP contribution is 2.42. The first kappa shape index (κ1) is 26.6. The normalized spacial score (nSPS) is 27.5. The van der Waals surface area contributed by atoms with Gasteiger partial charge in [-0.1, -0.05) is 37.0 Å². The third kappa shape index (κ3) is 4.79. The zero-order chi connectivity index (χ0) is 27.2. The first-order valence-electron chi connectivity index (χ1n) is 12.6. The Balaban J connectivity index is 1.42. The topological polar surface area (TPSA) is 104 Å². The van der Waals surface area contributed by atoms with Gasteiger partial charge < -0.3 is 14.9 Å². The summed E-state index contributed by atoms with van der Waals surface area (Å²) in [5, 5.41) is 17.2. The molecule has 4 atom stereocenters. The van der Waals surface area contributed by atoms with Crippen LogP contribution in [0.4, 0.5) is 5.82 Å². The standard InChI is InChI=1S/C27H30Cl2N6O3/c1-16-12-35(13-17(2)27(16,38)23-7-5-19(29)11-31-23)26(37)21-15-34(24-8-9-25(36)33(3)32-24)14-20(21)22-6-4-18(28)10-30-22/h4-11,16-17,20-21,38H,12-15H2,1-3H3. The Kier molecular flexibility index (Phi) is 7.19. The fourth-order valence-electron chi connectivity index (χ4n) is 5.84. The molecule has 38 heavy (non-hydrogen) atoms. The van der Waals surface area contributed by atoms with Gasteiger partial charge in [0.1, 0.15) is 11.4 Å². The third-order valence-corrected chi connectivity index (χ3v) is 8.43. The molecule has 4 unspecified atom stereocenters. The smallest absolute Gasteiger partial charge is 0.266 e. The fourth-order valence-corrected chi connectivity index (χ4v) is 6.06. The molecule has 1 N–H and O–H groups in total. The van der Waals surface area contributed by atoms with Crippen LogP contribution in [-0.4, -0.2) is 61.8 Å². The number of hydrogen-bond acceptors (Lipinski definition) is 7. The van der Waals surface area contributed by atoms with Gasteiger partial charge in [-0.3, -0.25) is 19.6 Å². The first-order valence-corrected chi connectivity index (χ1v) is 13.4. The van der Waals surface area contributed by atoms with Crippen molar-refractivity contribution < 1.29 is 9.90 Å². The van der Waals surface area contributed by atoms with Gasteiger partial charge in [0.2, 0.25) is 5.91 Å². The molecule has 0 saturated carbocycles. The molecule has 11 heteroatoms. The van der Waals surface area contributed by atoms with Gasteiger partial charge in [0, 0.05) is 75.1 Å². The van der Waals surface area contributed by atoms with Gasteiger partial charge in [0.05, 0.1) is 21.7 Å². The molecule has 0 spiro atoms. The van der Waals surface area contributed by atoms with Crippen LogP contribution < -0.4 is 10.5 Å². The lowest BCUT2D eigenvalue weighted by Crippen LogP contribution is -2.57. The van der Waals surface area contributed by atoms with Crippen LogP contribution in [0.5, 0.6) is 0 Å². The fraction of sp³-hybridized carbons (Fsp3) is 0.444. The average molecular weight is 557 g/mol. The number of anilines is 1. The van der Waals surface area contributed by atoms with E-state index in [4.69, 9.17) is 23.2 Å². The van der Waals surface area contributed by atoms with E-state index in [-0.39, 0.29) is 35.1 Å². The Morgan fingerprint density at radius 2 is 1.61 bits per heavy atom. The van der Waals surface area contributed by atoms with Crippen LogP contribution in [0.3, 0.4) is 0 Å². The number of nitrogens with zero attached hydrogens (tertiary/aromatic N) is 6. The summed E-state index contributed by atoms with van der Waals surface area (Å²) in [5.41, 5.74) is -0.0422. The Hall–Kier alpha value is -3.01. The molecule has 200 valence electrons. The highest BCUT2D eigenvalue weighted by Gasteiger charge is 2.50. The van der Waals surface area contributed by atoms with E-state index in [0.717, 1.165) is 5.69 Å². The van der Waals surface area contributed by atoms with Gasteiger partial charge in [0.15, 0.2) is 0 Å². The maximum atomic E-state index is 14.1. The summed E-state index contributed by atoms with van der Waals surface area (Å²) in [6.45, 7) is 5.62. The van der Waals surface area contributed by atoms with Gasteiger partial charge >= 0.3 is 0 Å². The monoisotopic (exact) mass is 556 g/mol. The number of aromatic nitrogens is 4. The van der Waals surface area contributed by atoms with Crippen molar-refractivity contribution in [2.45, 2.75) is 25.4 Å². The number of rotatable bonds is 4. The van der Waals surface area contributed by atoms with Crippen LogP contribution >= 0.6 is 23.2 Å². The zero-order valence-corrected chi connectivity index (χ0v) is 23.0. The largest absolute Gasteiger partial charge is 0.383 e. The van der Waals surface area contributed by atoms with Gasteiger partial charge in [0.25, 0.3) is 5.56 Å². The third-order valence-electron chi connectivity index (χ3n) is 7.98. The van der Waals surface area contributed by atoms with Crippen molar-refractivity contribution in [1.82, 2.24) is 24.6 Å². The second-order valence-electron chi connectivity index (χ2n) is 10.4. The van der Waals surface area contributed by atoms with Gasteiger partial charge in [-0.15, -0.1) is 0 Å². The molecule has 0 aliphatic carbocycles. The van der Waals surface area contributed by atoms with Crippen molar-refractivity contribution in [2.75, 3.05) is 31.1 Å². The number of pyridine rings is 2. The molecule has 2 saturated heterocycles. The summed E-state index contributed by atoms with van der Waals surface area (Å²) in [6, 6.07) is 10.3. The van der Waals surface area contributed by atoms with E-state index in [1.165, 1.54) is 16.9 Å². The summed E-state index contributed by atoms with van der Waals surface area (Å²) in [7, 11) is 1.61. The number of hydrogen-bond donors (Lipinski definition) is 1. The summed E-state index contributed by atoms with van der Waals surface area (Å²) in [4.78, 5) is 38.8. The van der Waals surface area contributed by atoms with Crippen LogP contribution in [0, 0.1) is 17.8 Å². The lowest BCUT2D eigenvalue weighted by Gasteiger charge is -2.48. The van der Waals surface area contributed by atoms with Crippen molar-refractivity contribution >= 4 is 34.9 Å². The van der Waals surface area contributed by atoms with E-state index >= 15 is 0 Å². The van der Waals surface area contributed by atoms with Gasteiger partial charge in [-0.25, -0.2) is 4.68 Å². The van der Waals surface area contributed by atoms with Crippen molar-refractivity contribution in [1.29, 1.82) is 0 Å². The highest BCUT2D eigenvalue weighted by atomic mass is 35.5. The predicted molar refractivity (Wildman–Crippen MR) is 145 cm³/mol. The van der Waals surface area contributed by atoms with E-state index < -0.39 is 5.60 Å². The van der Waals surface area contributed by atoms with E-state index in [2.05, 4.69) is 15.1 Å². The quantitative estimate of drug-likeness (QED) is 0.526. The lowest BCUT2D eigenvalue weighted by molar-refractivity contribution is -0.153. The Morgan fingerprint density at radius 3 is 2.18 bits per heavy atom. The van der Waals surface area contributed by atoms with E-state index in [1.807, 2.05) is 29.7 Å². The second kappa shape index (κ2) is 10.3. The predicted octanol–water partition coefficient (Wildman–Crippen LogP) is 3.10. The number of likely N-dealkylation sites (tertiary alicyclic amines) is 1. The molecule has 0 aromatic carbocycles. The van der Waals surface area contributed by atoms with Crippen LogP contribution in [0.1, 0.15) is 31.2 Å². The molecule has 1 amide bonds. The van der Waals surface area contributed by atoms with Crippen molar-refractivity contribution in [3.63, 3.8) is 0 Å². The summed E-state index contributed by atoms with van der Waals surface area (Å²) in [5.74, 6) is -0.448. The molecule has 3 aromatic heterocycles. The van der Waals surface area contributed by atoms with E-state index in [1.54, 1.807) is 37.5 Å². The molecule has 2 aliphatic heterocycles. The van der Waals surface area contributed by atoms with Crippen LogP contribution in [-0.2, 0) is 17.4 Å². The molecule has 9 nitrogen and oxygen atoms in total. The van der Waals surface area contributed by atoms with E-state index in [9.17, 15) is 14.7 Å². The Bertz CT molecular complexity index is 1370. The summed E-state index contributed by atoms with van der Waals surface area (Å²) in [6.07, 6.45) is 3.13. The number of piperidine rings is 1. The minimum absolute atomic E-state index is 0.00360. The summed E-state index contributed by atoms with van der Waals surface area (Å²) >= 11 is 12.1. The number of aliphatic hydroxyl groups is 1. The molecule has 0 radical (unpaired) electrons. The lowest BCUT2D eigenvalue weighted by atomic mass is 9.72. The van der Waals surface area contributed by atoms with Gasteiger partial charge in [-0.2, -0.15) is 5.10 Å². The number of amides is 1. The number of carbonyl (C=O) groups excluding carboxylic acids is 1. The first-order chi connectivity index (χ1) is 18.1. The highest BCUT2D eigenvalue weighted by molar-refractivity contribution is 6.30. The molecular weight excluding hydrogens is 527 g/mol. The van der Waals surface area contributed by atoms with Crippen molar-refractivity contribution in [2.24, 2.45) is 24.8 Å². The minimum atomic E-state index is -1.18. The molecular formula is C27H30Cl2N6O3. The Morgan fingerprint density at radius 1 is 0.947 bits per heavy atom. The minimum Gasteiger partial charge on any atom is -0.383 e. The van der Waals surface area contributed by atoms with Crippen LogP contribution in [0.2, 0.25) is 10.0 Å². The number of carbonyl (C=O) groups is 1. The van der Waals surface area contributed by atoms with Crippen LogP contribution in [0.25, 0.3) is 0 Å². The molecule has 2 fully saturated rings. The summed E-state index contributed by atoms with van der Waals surface area (Å²) < 4.78 is 1.29. The van der Waals surface area contributed by atoms with Gasteiger partial charge in [-0.05, 0) is 30.3 Å². The molecule has 2 aliphatic rings. The second-order valence-corrected chi connectivity index (χ2v) is 11.3. The number of halogens is 2. The molecule has 0 bridgehead atoms. The SMILES string of the molecule is CC1CN(C(=O)C2CN(c3ccc(=O)n(C)n3)CC2c2ccc(Cl)cn2)CC(C)C1(O)c1ccc(Cl)cn1. The maximum absolute atomic E-state index is 14.1. The maximum Gasteiger partial charge on any atom is 0.266 e. The Labute approximate surface area is 231 Å². The molecule has 5 heterocycles. The average Bonchev–Trinajstić information content (AvgIpc) is 3.34. The zero-order valence-electron chi connectivity index (χ0n) is 21.5. The number of aryl methyl sites for hydroxylation is 1. The molecule has 5 rings (SSSR count). The van der Waals surface area contributed by atoms with Crippen LogP contribution in [0.15, 0.2) is 53.6 Å². The van der Waals surface area contributed by atoms with E-state index in [0.29, 0.717) is 47.7 Å².